The van der Waals surface area contributed by atoms with Crippen LogP contribution in [0.1, 0.15) is 33.4 Å². The number of nitrogens with one attached hydrogen (secondary N) is 8. The normalized spacial score (nSPS) is 18.3. The van der Waals surface area contributed by atoms with Crippen LogP contribution in [0.25, 0.3) is 0 Å². The Hall–Kier alpha value is -9.40. The van der Waals surface area contributed by atoms with E-state index >= 15 is 0 Å². The molecule has 0 saturated heterocycles. The fourth-order valence-corrected chi connectivity index (χ4v) is 9.72. The Morgan fingerprint density at radius 1 is 0.489 bits per heavy atom. The molecule has 0 radical (unpaired) electrons. The van der Waals surface area contributed by atoms with Crippen LogP contribution < -0.4 is 54.2 Å². The highest BCUT2D eigenvalue weighted by molar-refractivity contribution is 7.98. The van der Waals surface area contributed by atoms with Gasteiger partial charge < -0.3 is 63.8 Å². The lowest BCUT2D eigenvalue weighted by Crippen LogP contribution is -2.59. The fourth-order valence-electron chi connectivity index (χ4n) is 7.69. The van der Waals surface area contributed by atoms with Gasteiger partial charge in [0.15, 0.2) is 0 Å². The molecule has 32 heteroatoms. The summed E-state index contributed by atoms with van der Waals surface area (Å²) in [5.74, 6) is -10.3. The summed E-state index contributed by atoms with van der Waals surface area (Å²) in [6.07, 6.45) is -10.0. The van der Waals surface area contributed by atoms with E-state index in [0.717, 1.165) is 11.1 Å². The Labute approximate surface area is 518 Å². The van der Waals surface area contributed by atoms with E-state index in [1.807, 2.05) is 24.3 Å². The van der Waals surface area contributed by atoms with Gasteiger partial charge in [0.2, 0.25) is 35.4 Å². The van der Waals surface area contributed by atoms with E-state index in [2.05, 4.69) is 42.8 Å². The van der Waals surface area contributed by atoms with Crippen molar-refractivity contribution in [2.45, 2.75) is 85.8 Å². The molecule has 8 amide bonds. The fraction of sp³-hybridized carbons (Fsp3) is 0.310. The van der Waals surface area contributed by atoms with E-state index < -0.39 is 121 Å². The van der Waals surface area contributed by atoms with Crippen molar-refractivity contribution in [2.75, 3.05) is 24.6 Å². The van der Waals surface area contributed by atoms with Crippen molar-refractivity contribution in [1.82, 2.24) is 42.8 Å². The summed E-state index contributed by atoms with van der Waals surface area (Å²) in [5, 5.41) is 49.5. The molecule has 16 N–H and O–H groups in total. The van der Waals surface area contributed by atoms with Gasteiger partial charge in [0.05, 0.1) is 25.2 Å². The number of alkyl halides is 6. The summed E-state index contributed by atoms with van der Waals surface area (Å²) >= 11 is 2.68. The Morgan fingerprint density at radius 3 is 1.10 bits per heavy atom. The molecule has 0 spiro atoms. The van der Waals surface area contributed by atoms with Crippen molar-refractivity contribution in [2.24, 2.45) is 11.5 Å². The number of carbonyl (C=O) groups excluding carboxylic acids is 8. The van der Waals surface area contributed by atoms with Crippen LogP contribution in [0.2, 0.25) is 0 Å². The van der Waals surface area contributed by atoms with Crippen LogP contribution >= 0.6 is 23.5 Å². The second kappa shape index (κ2) is 36.2. The van der Waals surface area contributed by atoms with E-state index in [4.69, 9.17) is 31.3 Å². The molecule has 484 valence electrons. The average Bonchev–Trinajstić information content (AvgIpc) is 3.26. The van der Waals surface area contributed by atoms with Crippen molar-refractivity contribution in [3.05, 3.63) is 167 Å². The number of hydrogen-bond donors (Lipinski definition) is 14. The summed E-state index contributed by atoms with van der Waals surface area (Å²) in [6.45, 7) is -1.19. The lowest BCUT2D eigenvalue weighted by atomic mass is 10.0. The SMILES string of the molecule is N[C@@H](Cc1ccc(O)cc1)C(=O)N[C@@H]1CSCc2ccc(cc2)CSC[C@@H](NC(=O)[C@@H](N)Cc2ccc(O)cc2)C(=O)NCC(=O)N[C@@H](Cc2ccccc2)C(=O)NNC(=O)[C@H](Cc2ccccc2)NC(=O)CNC1=O.O=C(O)C(F)(F)F.O=C(O)C(F)(F)F. The number of rotatable bonds is 12. The standard InChI is InChI=1S/C54H62N10O10S2.2C2HF3O2/c55-41(23-35-15-19-39(65)20-16-35)49(69)61-45-31-75-29-37-11-13-38(14-12-37)30-76-32-46(62-50(70)42(56)24-36-17-21-40(66)22-18-36)52(72)58-28-48(68)60-44(26-34-9-5-2-6-10-34)54(74)64-63-53(73)43(25-33-7-3-1-4-8-33)59-47(67)27-57-51(45)71;2*3-2(4,5)1(6)7/h1-22,41-46,65-66H,23-32,55-56H2,(H,57,71)(H,58,72)(H,59,67)(H,60,68)(H,61,69)(H,62,70)(H,63,73)(H,64,74);2*(H,6,7)/t41-,42-,43-,44-,45+,46+;;/m0../s1. The number of aliphatic carboxylic acids is 2. The molecule has 2 aliphatic rings. The number of thioether (sulfide) groups is 2. The minimum atomic E-state index is -5.08. The van der Waals surface area contributed by atoms with Gasteiger partial charge in [-0.1, -0.05) is 109 Å². The van der Waals surface area contributed by atoms with Crippen molar-refractivity contribution in [3.63, 3.8) is 0 Å². The van der Waals surface area contributed by atoms with Crippen LogP contribution in [0.3, 0.4) is 0 Å². The van der Waals surface area contributed by atoms with Gasteiger partial charge in [0.1, 0.15) is 35.7 Å². The minimum Gasteiger partial charge on any atom is -0.508 e. The average molecular weight is 1300 g/mol. The summed E-state index contributed by atoms with van der Waals surface area (Å²) < 4.78 is 63.5. The number of fused-ring (bicyclic) bond motifs is 25. The Morgan fingerprint density at radius 2 is 0.800 bits per heavy atom. The van der Waals surface area contributed by atoms with Crippen LogP contribution in [0, 0.1) is 0 Å². The van der Waals surface area contributed by atoms with Gasteiger partial charge >= 0.3 is 24.3 Å². The third-order valence-corrected chi connectivity index (χ3v) is 14.6. The van der Waals surface area contributed by atoms with Gasteiger partial charge in [-0.25, -0.2) is 9.59 Å². The van der Waals surface area contributed by atoms with Gasteiger partial charge in [0.25, 0.3) is 11.8 Å². The van der Waals surface area contributed by atoms with E-state index in [9.17, 15) is 74.9 Å². The molecule has 0 aliphatic carbocycles. The largest absolute Gasteiger partial charge is 0.508 e. The van der Waals surface area contributed by atoms with Gasteiger partial charge in [-0.2, -0.15) is 49.9 Å². The van der Waals surface area contributed by atoms with Crippen molar-refractivity contribution < 1.29 is 94.7 Å². The van der Waals surface area contributed by atoms with Gasteiger partial charge in [-0.15, -0.1) is 0 Å². The van der Waals surface area contributed by atoms with E-state index in [0.29, 0.717) is 33.8 Å². The van der Waals surface area contributed by atoms with Crippen LogP contribution in [-0.4, -0.2) is 153 Å². The maximum absolute atomic E-state index is 13.8. The first-order valence-electron chi connectivity index (χ1n) is 26.8. The number of halogens is 6. The number of hydrazine groups is 1. The molecular weight excluding hydrogens is 1240 g/mol. The highest BCUT2D eigenvalue weighted by Gasteiger charge is 2.39. The van der Waals surface area contributed by atoms with Gasteiger partial charge in [-0.05, 0) is 70.5 Å². The Balaban J connectivity index is 0.00000110. The zero-order chi connectivity index (χ0) is 66.6. The second-order valence-electron chi connectivity index (χ2n) is 19.6. The molecule has 0 fully saturated rings. The highest BCUT2D eigenvalue weighted by atomic mass is 32.2. The van der Waals surface area contributed by atoms with Gasteiger partial charge in [0, 0.05) is 35.9 Å². The topological polar surface area (TPSA) is 400 Å². The zero-order valence-corrected chi connectivity index (χ0v) is 49.0. The number of phenols is 2. The number of aromatic hydroxyl groups is 2. The summed E-state index contributed by atoms with van der Waals surface area (Å²) in [4.78, 5) is 127. The number of nitrogens with two attached hydrogens (primary N) is 2. The van der Waals surface area contributed by atoms with Crippen LogP contribution in [0.4, 0.5) is 26.3 Å². The number of hydrogen-bond acceptors (Lipinski definition) is 16. The monoisotopic (exact) mass is 1300 g/mol. The molecule has 7 rings (SSSR count). The van der Waals surface area contributed by atoms with E-state index in [-0.39, 0.29) is 48.7 Å². The molecule has 5 aromatic carbocycles. The highest BCUT2D eigenvalue weighted by Crippen LogP contribution is 2.20. The molecule has 5 aromatic rings. The quantitative estimate of drug-likeness (QED) is 0.0625. The first-order valence-corrected chi connectivity index (χ1v) is 29.1. The number of carbonyl (C=O) groups is 10. The van der Waals surface area contributed by atoms with Crippen molar-refractivity contribution in [3.8, 4) is 11.5 Å². The third kappa shape index (κ3) is 27.3. The molecule has 90 heavy (non-hydrogen) atoms. The van der Waals surface area contributed by atoms with Crippen molar-refractivity contribution >= 4 is 82.7 Å². The molecular formula is C58H64F6N10O14S2. The zero-order valence-electron chi connectivity index (χ0n) is 47.3. The molecule has 2 heterocycles. The predicted octanol–water partition coefficient (Wildman–Crippen LogP) is 1.79. The summed E-state index contributed by atoms with van der Waals surface area (Å²) in [6, 6.07) is 30.4. The van der Waals surface area contributed by atoms with E-state index in [1.54, 1.807) is 84.9 Å². The lowest BCUT2D eigenvalue weighted by molar-refractivity contribution is -0.193. The van der Waals surface area contributed by atoms with Crippen LogP contribution in [0.15, 0.2) is 133 Å². The van der Waals surface area contributed by atoms with E-state index in [1.165, 1.54) is 47.8 Å². The third-order valence-electron chi connectivity index (χ3n) is 12.4. The molecule has 2 aliphatic heterocycles. The van der Waals surface area contributed by atoms with Crippen molar-refractivity contribution in [1.29, 1.82) is 0 Å². The predicted molar refractivity (Wildman–Crippen MR) is 316 cm³/mol. The molecule has 0 saturated carbocycles. The van der Waals surface area contributed by atoms with Crippen LogP contribution in [-0.2, 0) is 85.1 Å². The Kier molecular flexibility index (Phi) is 29.4. The first-order chi connectivity index (χ1) is 42.5. The second-order valence-corrected chi connectivity index (χ2v) is 21.6. The smallest absolute Gasteiger partial charge is 0.490 e. The molecule has 0 aromatic heterocycles. The Bertz CT molecular complexity index is 3000. The molecule has 24 nitrogen and oxygen atoms in total. The number of amides is 8. The summed E-state index contributed by atoms with van der Waals surface area (Å²) in [7, 11) is 0. The number of phenolic OH excluding ortho intramolecular Hbond substituents is 2. The number of carboxylic acid groups (broad SMARTS) is 2. The van der Waals surface area contributed by atoms with Gasteiger partial charge in [-0.3, -0.25) is 49.2 Å². The maximum atomic E-state index is 13.8. The number of carboxylic acids is 2. The summed E-state index contributed by atoms with van der Waals surface area (Å²) in [5.41, 5.74) is 21.7. The molecule has 2 bridgehead atoms. The first kappa shape index (κ1) is 73.1. The number of benzene rings is 5. The maximum Gasteiger partial charge on any atom is 0.490 e. The lowest BCUT2D eigenvalue weighted by Gasteiger charge is -2.23. The molecule has 6 atom stereocenters. The van der Waals surface area contributed by atoms with Crippen LogP contribution in [0.5, 0.6) is 11.5 Å². The molecule has 0 unspecified atom stereocenters. The minimum absolute atomic E-state index is 0.0361.